The van der Waals surface area contributed by atoms with Crippen LogP contribution in [0.5, 0.6) is 5.75 Å². The fraction of sp³-hybridized carbons (Fsp3) is 0.417. The first kappa shape index (κ1) is 12.8. The highest BCUT2D eigenvalue weighted by Crippen LogP contribution is 2.31. The Bertz CT molecular complexity index is 391. The van der Waals surface area contributed by atoms with Gasteiger partial charge in [0.25, 0.3) is 5.91 Å². The van der Waals surface area contributed by atoms with E-state index in [2.05, 4.69) is 5.32 Å². The fourth-order valence-corrected chi connectivity index (χ4v) is 1.68. The van der Waals surface area contributed by atoms with Gasteiger partial charge in [-0.15, -0.1) is 0 Å². The van der Waals surface area contributed by atoms with Crippen molar-refractivity contribution in [1.29, 1.82) is 0 Å². The molecule has 16 heavy (non-hydrogen) atoms. The van der Waals surface area contributed by atoms with E-state index in [1.165, 1.54) is 0 Å². The third-order valence-electron chi connectivity index (χ3n) is 2.17. The molecule has 0 fully saturated rings. The van der Waals surface area contributed by atoms with Gasteiger partial charge in [-0.2, -0.15) is 0 Å². The number of rotatable bonds is 4. The van der Waals surface area contributed by atoms with Gasteiger partial charge >= 0.3 is 0 Å². The standard InChI is InChI=1S/C12H16ClNO2/c1-4-14-12(15)10-8(3)6-7-9(13)11(10)16-5-2/h6-7H,4-5H2,1-3H3,(H,14,15). The molecule has 1 amide bonds. The van der Waals surface area contributed by atoms with Crippen LogP contribution in [-0.2, 0) is 0 Å². The van der Waals surface area contributed by atoms with Gasteiger partial charge < -0.3 is 10.1 Å². The zero-order valence-corrected chi connectivity index (χ0v) is 10.5. The Morgan fingerprint density at radius 1 is 1.44 bits per heavy atom. The summed E-state index contributed by atoms with van der Waals surface area (Å²) < 4.78 is 5.42. The third-order valence-corrected chi connectivity index (χ3v) is 2.47. The molecule has 0 unspecified atom stereocenters. The van der Waals surface area contributed by atoms with E-state index < -0.39 is 0 Å². The van der Waals surface area contributed by atoms with E-state index in [1.807, 2.05) is 26.8 Å². The van der Waals surface area contributed by atoms with Crippen molar-refractivity contribution in [2.75, 3.05) is 13.2 Å². The van der Waals surface area contributed by atoms with E-state index in [0.29, 0.717) is 29.5 Å². The van der Waals surface area contributed by atoms with Crippen LogP contribution in [0.15, 0.2) is 12.1 Å². The summed E-state index contributed by atoms with van der Waals surface area (Å²) >= 11 is 6.02. The maximum absolute atomic E-state index is 11.9. The van der Waals surface area contributed by atoms with Crippen LogP contribution < -0.4 is 10.1 Å². The average molecular weight is 242 g/mol. The lowest BCUT2D eigenvalue weighted by molar-refractivity contribution is 0.0951. The zero-order valence-electron chi connectivity index (χ0n) is 9.76. The first-order valence-electron chi connectivity index (χ1n) is 5.31. The van der Waals surface area contributed by atoms with Crippen LogP contribution in [-0.4, -0.2) is 19.1 Å². The predicted molar refractivity (Wildman–Crippen MR) is 65.4 cm³/mol. The summed E-state index contributed by atoms with van der Waals surface area (Å²) in [5.41, 5.74) is 1.38. The van der Waals surface area contributed by atoms with Gasteiger partial charge in [0, 0.05) is 6.54 Å². The van der Waals surface area contributed by atoms with Crippen molar-refractivity contribution in [2.24, 2.45) is 0 Å². The number of ether oxygens (including phenoxy) is 1. The summed E-state index contributed by atoms with van der Waals surface area (Å²) in [5.74, 6) is 0.320. The van der Waals surface area contributed by atoms with E-state index >= 15 is 0 Å². The molecule has 0 bridgehead atoms. The van der Waals surface area contributed by atoms with Crippen molar-refractivity contribution in [3.05, 3.63) is 28.3 Å². The van der Waals surface area contributed by atoms with Crippen molar-refractivity contribution in [1.82, 2.24) is 5.32 Å². The number of amides is 1. The number of aryl methyl sites for hydroxylation is 1. The Morgan fingerprint density at radius 3 is 2.69 bits per heavy atom. The number of nitrogens with one attached hydrogen (secondary N) is 1. The molecule has 0 aromatic heterocycles. The second-order valence-electron chi connectivity index (χ2n) is 3.36. The third kappa shape index (κ3) is 2.67. The van der Waals surface area contributed by atoms with Gasteiger partial charge in [0.2, 0.25) is 0 Å². The summed E-state index contributed by atoms with van der Waals surface area (Å²) in [5, 5.41) is 3.22. The number of hydrogen-bond acceptors (Lipinski definition) is 2. The Kier molecular flexibility index (Phi) is 4.62. The second kappa shape index (κ2) is 5.75. The summed E-state index contributed by atoms with van der Waals surface area (Å²) in [6.07, 6.45) is 0. The van der Waals surface area contributed by atoms with E-state index in [4.69, 9.17) is 16.3 Å². The first-order valence-corrected chi connectivity index (χ1v) is 5.69. The van der Waals surface area contributed by atoms with Gasteiger partial charge in [0.05, 0.1) is 17.2 Å². The lowest BCUT2D eigenvalue weighted by Crippen LogP contribution is -2.24. The average Bonchev–Trinajstić information content (AvgIpc) is 2.24. The molecule has 0 aliphatic heterocycles. The fourth-order valence-electron chi connectivity index (χ4n) is 1.47. The molecule has 0 radical (unpaired) electrons. The van der Waals surface area contributed by atoms with Gasteiger partial charge in [-0.3, -0.25) is 4.79 Å². The molecule has 0 saturated heterocycles. The van der Waals surface area contributed by atoms with Crippen molar-refractivity contribution in [3.8, 4) is 5.75 Å². The highest BCUT2D eigenvalue weighted by Gasteiger charge is 2.17. The van der Waals surface area contributed by atoms with Gasteiger partial charge in [-0.1, -0.05) is 17.7 Å². The largest absolute Gasteiger partial charge is 0.491 e. The van der Waals surface area contributed by atoms with Crippen molar-refractivity contribution in [3.63, 3.8) is 0 Å². The molecule has 0 aliphatic rings. The van der Waals surface area contributed by atoms with E-state index in [0.717, 1.165) is 5.56 Å². The predicted octanol–water partition coefficient (Wildman–Crippen LogP) is 2.80. The highest BCUT2D eigenvalue weighted by molar-refractivity contribution is 6.32. The Labute approximate surface area is 101 Å². The Balaban J connectivity index is 3.22. The monoisotopic (exact) mass is 241 g/mol. The Morgan fingerprint density at radius 2 is 2.12 bits per heavy atom. The van der Waals surface area contributed by atoms with Gasteiger partial charge in [0.1, 0.15) is 0 Å². The number of halogens is 1. The number of hydrogen-bond donors (Lipinski definition) is 1. The molecule has 1 rings (SSSR count). The molecule has 1 aromatic rings. The molecule has 1 aromatic carbocycles. The van der Waals surface area contributed by atoms with Crippen molar-refractivity contribution < 1.29 is 9.53 Å². The van der Waals surface area contributed by atoms with Gasteiger partial charge in [0.15, 0.2) is 5.75 Å². The molecular weight excluding hydrogens is 226 g/mol. The molecule has 0 heterocycles. The summed E-state index contributed by atoms with van der Waals surface area (Å²) in [6.45, 7) is 6.66. The summed E-state index contributed by atoms with van der Waals surface area (Å²) in [6, 6.07) is 3.56. The van der Waals surface area contributed by atoms with E-state index in [-0.39, 0.29) is 5.91 Å². The molecule has 0 aliphatic carbocycles. The minimum absolute atomic E-state index is 0.147. The van der Waals surface area contributed by atoms with Crippen molar-refractivity contribution >= 4 is 17.5 Å². The smallest absolute Gasteiger partial charge is 0.255 e. The molecule has 4 heteroatoms. The van der Waals surface area contributed by atoms with Gasteiger partial charge in [-0.25, -0.2) is 0 Å². The number of carbonyl (C=O) groups is 1. The molecule has 3 nitrogen and oxygen atoms in total. The van der Waals surface area contributed by atoms with Crippen LogP contribution in [0.3, 0.4) is 0 Å². The first-order chi connectivity index (χ1) is 7.61. The van der Waals surface area contributed by atoms with Crippen LogP contribution in [0, 0.1) is 6.92 Å². The van der Waals surface area contributed by atoms with Crippen LogP contribution in [0.1, 0.15) is 29.8 Å². The van der Waals surface area contributed by atoms with Crippen LogP contribution >= 0.6 is 11.6 Å². The summed E-state index contributed by atoms with van der Waals surface area (Å²) in [7, 11) is 0. The lowest BCUT2D eigenvalue weighted by Gasteiger charge is -2.13. The summed E-state index contributed by atoms with van der Waals surface area (Å²) in [4.78, 5) is 11.9. The number of benzene rings is 1. The van der Waals surface area contributed by atoms with Crippen molar-refractivity contribution in [2.45, 2.75) is 20.8 Å². The molecule has 1 N–H and O–H groups in total. The quantitative estimate of drug-likeness (QED) is 0.880. The lowest BCUT2D eigenvalue weighted by atomic mass is 10.1. The van der Waals surface area contributed by atoms with E-state index in [9.17, 15) is 4.79 Å². The van der Waals surface area contributed by atoms with Crippen LogP contribution in [0.4, 0.5) is 0 Å². The van der Waals surface area contributed by atoms with E-state index in [1.54, 1.807) is 6.07 Å². The molecule has 88 valence electrons. The normalized spacial score (nSPS) is 10.0. The van der Waals surface area contributed by atoms with Crippen LogP contribution in [0.2, 0.25) is 5.02 Å². The van der Waals surface area contributed by atoms with Crippen LogP contribution in [0.25, 0.3) is 0 Å². The topological polar surface area (TPSA) is 38.3 Å². The highest BCUT2D eigenvalue weighted by atomic mass is 35.5. The second-order valence-corrected chi connectivity index (χ2v) is 3.77. The SMILES string of the molecule is CCNC(=O)c1c(C)ccc(Cl)c1OCC. The molecular formula is C12H16ClNO2. The number of carbonyl (C=O) groups excluding carboxylic acids is 1. The van der Waals surface area contributed by atoms with Gasteiger partial charge in [-0.05, 0) is 32.4 Å². The minimum Gasteiger partial charge on any atom is -0.491 e. The maximum Gasteiger partial charge on any atom is 0.255 e. The molecule has 0 spiro atoms. The molecule has 0 saturated carbocycles. The molecule has 0 atom stereocenters. The zero-order chi connectivity index (χ0) is 12.1. The Hall–Kier alpha value is -1.22. The maximum atomic E-state index is 11.9. The minimum atomic E-state index is -0.147.